The van der Waals surface area contributed by atoms with Crippen molar-refractivity contribution in [3.05, 3.63) is 41.4 Å². The smallest absolute Gasteiger partial charge is 0.250 e. The van der Waals surface area contributed by atoms with Crippen molar-refractivity contribution in [2.45, 2.75) is 23.1 Å². The normalized spacial score (nSPS) is 20.0. The van der Waals surface area contributed by atoms with E-state index in [1.165, 1.54) is 4.90 Å². The molecule has 0 bridgehead atoms. The van der Waals surface area contributed by atoms with E-state index >= 15 is 0 Å². The van der Waals surface area contributed by atoms with Gasteiger partial charge in [0.2, 0.25) is 11.8 Å². The number of piperidine rings is 1. The zero-order chi connectivity index (χ0) is 20.6. The summed E-state index contributed by atoms with van der Waals surface area (Å²) in [7, 11) is -3.86. The summed E-state index contributed by atoms with van der Waals surface area (Å²) in [6.07, 6.45) is 4.85. The van der Waals surface area contributed by atoms with Gasteiger partial charge in [0, 0.05) is 29.4 Å². The third-order valence-electron chi connectivity index (χ3n) is 5.05. The number of benzene rings is 1. The molecule has 1 aromatic heterocycles. The van der Waals surface area contributed by atoms with E-state index in [4.69, 9.17) is 11.6 Å². The highest BCUT2D eigenvalue weighted by Crippen LogP contribution is 2.31. The topological polar surface area (TPSA) is 86.8 Å². The zero-order valence-electron chi connectivity index (χ0n) is 15.5. The molecule has 10 heteroatoms. The Balaban J connectivity index is 1.46. The summed E-state index contributed by atoms with van der Waals surface area (Å²) in [5, 5.41) is 1.31. The molecule has 7 nitrogen and oxygen atoms in total. The van der Waals surface area contributed by atoms with Crippen LogP contribution in [0, 0.1) is 0 Å². The summed E-state index contributed by atoms with van der Waals surface area (Å²) < 4.78 is 29.1. The predicted octanol–water partition coefficient (Wildman–Crippen LogP) is 2.22. The number of rotatable bonds is 5. The fourth-order valence-corrected chi connectivity index (χ4v) is 6.42. The Morgan fingerprint density at radius 1 is 1.24 bits per heavy atom. The standard InChI is InChI=1S/C19H20ClN3O4S2/c20-14-6-5-13-10-18(28-16(13)11-14)29(26,27)21-15-4-3-9-23(19(15)25)12-17(24)22-7-1-2-8-22/h1-2,5-6,10-11,15,21H,3-4,7-9,12H2/t15-/m0/s1. The molecule has 0 unspecified atom stereocenters. The van der Waals surface area contributed by atoms with Gasteiger partial charge in [-0.05, 0) is 36.4 Å². The summed E-state index contributed by atoms with van der Waals surface area (Å²) in [5.74, 6) is -0.488. The van der Waals surface area contributed by atoms with Crippen LogP contribution in [0.2, 0.25) is 5.02 Å². The lowest BCUT2D eigenvalue weighted by molar-refractivity contribution is -0.142. The summed E-state index contributed by atoms with van der Waals surface area (Å²) in [6.45, 7) is 1.52. The van der Waals surface area contributed by atoms with Gasteiger partial charge in [-0.15, -0.1) is 11.3 Å². The number of likely N-dealkylation sites (tertiary alicyclic amines) is 1. The van der Waals surface area contributed by atoms with E-state index in [0.717, 1.165) is 21.4 Å². The van der Waals surface area contributed by atoms with E-state index in [1.54, 1.807) is 29.2 Å². The number of fused-ring (bicyclic) bond motifs is 1. The Labute approximate surface area is 178 Å². The average molecular weight is 454 g/mol. The van der Waals surface area contributed by atoms with Crippen LogP contribution in [0.3, 0.4) is 0 Å². The molecule has 2 aliphatic heterocycles. The Morgan fingerprint density at radius 3 is 2.76 bits per heavy atom. The third-order valence-corrected chi connectivity index (χ3v) is 8.33. The summed E-state index contributed by atoms with van der Waals surface area (Å²) in [4.78, 5) is 28.2. The highest BCUT2D eigenvalue weighted by atomic mass is 35.5. The quantitative estimate of drug-likeness (QED) is 0.703. The fourth-order valence-electron chi connectivity index (χ4n) is 3.51. The van der Waals surface area contributed by atoms with Crippen LogP contribution in [0.4, 0.5) is 0 Å². The number of hydrogen-bond acceptors (Lipinski definition) is 5. The van der Waals surface area contributed by atoms with Crippen molar-refractivity contribution in [3.63, 3.8) is 0 Å². The highest BCUT2D eigenvalue weighted by molar-refractivity contribution is 7.91. The molecule has 2 aromatic rings. The minimum atomic E-state index is -3.86. The number of carbonyl (C=O) groups is 2. The summed E-state index contributed by atoms with van der Waals surface area (Å²) in [5.41, 5.74) is 0. The molecule has 3 heterocycles. The van der Waals surface area contributed by atoms with Crippen LogP contribution in [0.5, 0.6) is 0 Å². The summed E-state index contributed by atoms with van der Waals surface area (Å²) in [6, 6.07) is 5.89. The monoisotopic (exact) mass is 453 g/mol. The molecule has 1 N–H and O–H groups in total. The van der Waals surface area contributed by atoms with Crippen LogP contribution < -0.4 is 4.72 Å². The second-order valence-electron chi connectivity index (χ2n) is 7.09. The molecule has 4 rings (SSSR count). The lowest BCUT2D eigenvalue weighted by atomic mass is 10.1. The van der Waals surface area contributed by atoms with Gasteiger partial charge in [-0.1, -0.05) is 29.8 Å². The number of thiophene rings is 1. The van der Waals surface area contributed by atoms with Crippen molar-refractivity contribution in [1.82, 2.24) is 14.5 Å². The molecule has 0 aliphatic carbocycles. The highest BCUT2D eigenvalue weighted by Gasteiger charge is 2.34. The first kappa shape index (κ1) is 20.3. The first-order valence-corrected chi connectivity index (χ1v) is 11.9. The van der Waals surface area contributed by atoms with Crippen LogP contribution in [0.15, 0.2) is 40.6 Å². The lowest BCUT2D eigenvalue weighted by Crippen LogP contribution is -2.54. The zero-order valence-corrected chi connectivity index (χ0v) is 17.9. The second kappa shape index (κ2) is 8.06. The molecular formula is C19H20ClN3O4S2. The van der Waals surface area contributed by atoms with Gasteiger partial charge >= 0.3 is 0 Å². The largest absolute Gasteiger partial charge is 0.334 e. The molecule has 2 aliphatic rings. The Bertz CT molecular complexity index is 1090. The minimum Gasteiger partial charge on any atom is -0.334 e. The molecule has 154 valence electrons. The average Bonchev–Trinajstić information content (AvgIpc) is 3.34. The van der Waals surface area contributed by atoms with Gasteiger partial charge in [-0.3, -0.25) is 9.59 Å². The first-order chi connectivity index (χ1) is 13.8. The fraction of sp³-hybridized carbons (Fsp3) is 0.368. The van der Waals surface area contributed by atoms with Gasteiger partial charge in [0.1, 0.15) is 10.3 Å². The molecule has 1 aromatic carbocycles. The molecular weight excluding hydrogens is 434 g/mol. The van der Waals surface area contributed by atoms with Crippen molar-refractivity contribution in [3.8, 4) is 0 Å². The van der Waals surface area contributed by atoms with E-state index in [1.807, 2.05) is 12.2 Å². The lowest BCUT2D eigenvalue weighted by Gasteiger charge is -2.32. The van der Waals surface area contributed by atoms with E-state index in [-0.39, 0.29) is 22.6 Å². The number of amides is 2. The maximum atomic E-state index is 12.9. The van der Waals surface area contributed by atoms with Crippen molar-refractivity contribution < 1.29 is 18.0 Å². The molecule has 2 amide bonds. The van der Waals surface area contributed by atoms with Gasteiger partial charge < -0.3 is 9.80 Å². The van der Waals surface area contributed by atoms with Gasteiger partial charge in [0.05, 0.1) is 6.54 Å². The van der Waals surface area contributed by atoms with Crippen LogP contribution in [0.25, 0.3) is 10.1 Å². The number of sulfonamides is 1. The molecule has 1 atom stereocenters. The number of nitrogens with one attached hydrogen (secondary N) is 1. The first-order valence-electron chi connectivity index (χ1n) is 9.26. The maximum absolute atomic E-state index is 12.9. The van der Waals surface area contributed by atoms with Crippen LogP contribution in [0.1, 0.15) is 12.8 Å². The SMILES string of the molecule is O=C(CN1CCC[C@H](NS(=O)(=O)c2cc3ccc(Cl)cc3s2)C1=O)N1CC=CC1. The van der Waals surface area contributed by atoms with Crippen molar-refractivity contribution >= 4 is 54.9 Å². The predicted molar refractivity (Wildman–Crippen MR) is 112 cm³/mol. The molecule has 0 spiro atoms. The van der Waals surface area contributed by atoms with Crippen LogP contribution >= 0.6 is 22.9 Å². The Hall–Kier alpha value is -1.94. The third kappa shape index (κ3) is 4.32. The minimum absolute atomic E-state index is 0.0277. The summed E-state index contributed by atoms with van der Waals surface area (Å²) >= 11 is 7.09. The van der Waals surface area contributed by atoms with Crippen LogP contribution in [-0.4, -0.2) is 62.3 Å². The number of carbonyl (C=O) groups excluding carboxylic acids is 2. The molecule has 1 saturated heterocycles. The van der Waals surface area contributed by atoms with Gasteiger partial charge in [0.15, 0.2) is 0 Å². The number of nitrogens with zero attached hydrogens (tertiary/aromatic N) is 2. The van der Waals surface area contributed by atoms with Crippen LogP contribution in [-0.2, 0) is 19.6 Å². The molecule has 0 radical (unpaired) electrons. The Morgan fingerprint density at radius 2 is 2.00 bits per heavy atom. The van der Waals surface area contributed by atoms with Gasteiger partial charge in [0.25, 0.3) is 10.0 Å². The number of halogens is 1. The van der Waals surface area contributed by atoms with Crippen molar-refractivity contribution in [2.75, 3.05) is 26.2 Å². The van der Waals surface area contributed by atoms with Gasteiger partial charge in [-0.25, -0.2) is 8.42 Å². The molecule has 1 fully saturated rings. The second-order valence-corrected chi connectivity index (χ2v) is 10.6. The van der Waals surface area contributed by atoms with E-state index < -0.39 is 16.1 Å². The van der Waals surface area contributed by atoms with Gasteiger partial charge in [-0.2, -0.15) is 4.72 Å². The maximum Gasteiger partial charge on any atom is 0.250 e. The van der Waals surface area contributed by atoms with E-state index in [9.17, 15) is 18.0 Å². The van der Waals surface area contributed by atoms with E-state index in [0.29, 0.717) is 37.5 Å². The van der Waals surface area contributed by atoms with Crippen molar-refractivity contribution in [1.29, 1.82) is 0 Å². The number of hydrogen-bond donors (Lipinski definition) is 1. The van der Waals surface area contributed by atoms with E-state index in [2.05, 4.69) is 4.72 Å². The Kier molecular flexibility index (Phi) is 5.65. The molecule has 0 saturated carbocycles. The van der Waals surface area contributed by atoms with Crippen molar-refractivity contribution in [2.24, 2.45) is 0 Å². The molecule has 29 heavy (non-hydrogen) atoms.